The molecule has 1 aliphatic heterocycles. The number of amides is 2. The average Bonchev–Trinajstić information content (AvgIpc) is 2.85. The number of carbonyl (C=O) groups excluding carboxylic acids is 2. The van der Waals surface area contributed by atoms with Crippen molar-refractivity contribution in [3.8, 4) is 5.75 Å². The molecule has 7 nitrogen and oxygen atoms in total. The molecule has 4 rings (SSSR count). The maximum atomic E-state index is 12.8. The molecule has 2 heterocycles. The van der Waals surface area contributed by atoms with E-state index in [1.54, 1.807) is 49.5 Å². The van der Waals surface area contributed by atoms with E-state index in [0.29, 0.717) is 46.1 Å². The zero-order chi connectivity index (χ0) is 23.4. The SMILES string of the molecule is C=Cc1cc(C(=O)Nc2cc(NC(=O)c3ccc4c(c3)CCCO4)cnc2C)ccc1N=C.[HH].[HH]. The highest BCUT2D eigenvalue weighted by Crippen LogP contribution is 2.27. The van der Waals surface area contributed by atoms with Gasteiger partial charge in [0.1, 0.15) is 5.75 Å². The Bertz CT molecular complexity index is 1280. The van der Waals surface area contributed by atoms with Crippen molar-refractivity contribution in [2.75, 3.05) is 17.2 Å². The molecule has 1 aliphatic rings. The number of aromatic nitrogens is 1. The summed E-state index contributed by atoms with van der Waals surface area (Å²) in [6.07, 6.45) is 5.00. The van der Waals surface area contributed by atoms with Crippen LogP contribution >= 0.6 is 0 Å². The number of hydrogen-bond acceptors (Lipinski definition) is 5. The molecule has 2 aromatic carbocycles. The summed E-state index contributed by atoms with van der Waals surface area (Å²) in [5, 5.41) is 5.71. The van der Waals surface area contributed by atoms with Gasteiger partial charge in [-0.1, -0.05) is 12.7 Å². The third-order valence-electron chi connectivity index (χ3n) is 5.44. The normalized spacial score (nSPS) is 12.2. The fraction of sp³-hybridized carbons (Fsp3) is 0.154. The minimum Gasteiger partial charge on any atom is -0.493 e. The van der Waals surface area contributed by atoms with Gasteiger partial charge >= 0.3 is 0 Å². The van der Waals surface area contributed by atoms with Gasteiger partial charge in [0.2, 0.25) is 0 Å². The van der Waals surface area contributed by atoms with Gasteiger partial charge in [0.15, 0.2) is 0 Å². The smallest absolute Gasteiger partial charge is 0.255 e. The number of nitrogens with one attached hydrogen (secondary N) is 2. The highest BCUT2D eigenvalue weighted by molar-refractivity contribution is 6.07. The molecule has 0 radical (unpaired) electrons. The molecule has 33 heavy (non-hydrogen) atoms. The van der Waals surface area contributed by atoms with E-state index in [0.717, 1.165) is 24.2 Å². The lowest BCUT2D eigenvalue weighted by Crippen LogP contribution is -2.16. The Morgan fingerprint density at radius 3 is 2.67 bits per heavy atom. The van der Waals surface area contributed by atoms with Crippen LogP contribution in [0, 0.1) is 6.92 Å². The summed E-state index contributed by atoms with van der Waals surface area (Å²) in [4.78, 5) is 33.8. The summed E-state index contributed by atoms with van der Waals surface area (Å²) in [5.41, 5.74) is 4.99. The largest absolute Gasteiger partial charge is 0.493 e. The Labute approximate surface area is 195 Å². The Morgan fingerprint density at radius 2 is 1.88 bits per heavy atom. The standard InChI is InChI=1S/C26H24N4O3.2H2/c1-4-17-12-19(7-9-22(17)27-3)26(32)30-23-14-21(15-28-16(23)2)29-25(31)20-8-10-24-18(13-20)6-5-11-33-24;;/h4,7-10,12-15H,1,3,5-6,11H2,2H3,(H,29,31)(H,30,32);2*1H. The minimum absolute atomic E-state index is 0. The number of aryl methyl sites for hydroxylation is 2. The van der Waals surface area contributed by atoms with Gasteiger partial charge < -0.3 is 15.4 Å². The van der Waals surface area contributed by atoms with Crippen LogP contribution < -0.4 is 15.4 Å². The average molecular weight is 445 g/mol. The maximum absolute atomic E-state index is 12.8. The van der Waals surface area contributed by atoms with Crippen molar-refractivity contribution in [2.24, 2.45) is 4.99 Å². The second kappa shape index (κ2) is 9.48. The van der Waals surface area contributed by atoms with Crippen molar-refractivity contribution in [1.29, 1.82) is 0 Å². The van der Waals surface area contributed by atoms with Crippen molar-refractivity contribution in [2.45, 2.75) is 19.8 Å². The molecule has 0 saturated carbocycles. The van der Waals surface area contributed by atoms with E-state index in [2.05, 4.69) is 33.9 Å². The van der Waals surface area contributed by atoms with E-state index in [9.17, 15) is 9.59 Å². The Hall–Kier alpha value is -4.26. The number of carbonyl (C=O) groups is 2. The van der Waals surface area contributed by atoms with E-state index in [1.165, 1.54) is 0 Å². The van der Waals surface area contributed by atoms with Gasteiger partial charge in [-0.2, -0.15) is 0 Å². The number of pyridine rings is 1. The van der Waals surface area contributed by atoms with Crippen LogP contribution in [0.5, 0.6) is 5.75 Å². The zero-order valence-corrected chi connectivity index (χ0v) is 18.4. The number of anilines is 2. The monoisotopic (exact) mass is 444 g/mol. The van der Waals surface area contributed by atoms with Gasteiger partial charge in [0, 0.05) is 19.5 Å². The number of rotatable bonds is 6. The van der Waals surface area contributed by atoms with E-state index in [-0.39, 0.29) is 14.7 Å². The van der Waals surface area contributed by atoms with Crippen LogP contribution in [0.25, 0.3) is 6.08 Å². The predicted octanol–water partition coefficient (Wildman–Crippen LogP) is 5.69. The van der Waals surface area contributed by atoms with E-state index in [1.807, 2.05) is 12.1 Å². The lowest BCUT2D eigenvalue weighted by molar-refractivity contribution is 0.101. The van der Waals surface area contributed by atoms with Crippen molar-refractivity contribution >= 4 is 41.7 Å². The molecule has 7 heteroatoms. The number of aliphatic imine (C=N–C) groups is 1. The molecule has 2 amide bonds. The first kappa shape index (κ1) is 22.0. The molecule has 1 aromatic heterocycles. The molecule has 0 bridgehead atoms. The van der Waals surface area contributed by atoms with Crippen LogP contribution in [0.3, 0.4) is 0 Å². The van der Waals surface area contributed by atoms with Crippen LogP contribution in [0.2, 0.25) is 0 Å². The summed E-state index contributed by atoms with van der Waals surface area (Å²) in [6, 6.07) is 12.2. The number of hydrogen-bond donors (Lipinski definition) is 2. The zero-order valence-electron chi connectivity index (χ0n) is 18.4. The van der Waals surface area contributed by atoms with Crippen molar-refractivity contribution in [3.63, 3.8) is 0 Å². The summed E-state index contributed by atoms with van der Waals surface area (Å²) in [6.45, 7) is 9.75. The third kappa shape index (κ3) is 4.82. The van der Waals surface area contributed by atoms with Gasteiger partial charge in [-0.05, 0) is 74.5 Å². The van der Waals surface area contributed by atoms with Crippen molar-refractivity contribution < 1.29 is 17.2 Å². The quantitative estimate of drug-likeness (QED) is 0.478. The molecule has 0 atom stereocenters. The van der Waals surface area contributed by atoms with Gasteiger partial charge in [-0.15, -0.1) is 0 Å². The van der Waals surface area contributed by atoms with Gasteiger partial charge in [0.25, 0.3) is 11.8 Å². The van der Waals surface area contributed by atoms with Crippen LogP contribution in [-0.4, -0.2) is 30.1 Å². The second-order valence-corrected chi connectivity index (χ2v) is 7.68. The van der Waals surface area contributed by atoms with Crippen molar-refractivity contribution in [3.05, 3.63) is 83.2 Å². The highest BCUT2D eigenvalue weighted by atomic mass is 16.5. The molecule has 2 N–H and O–H groups in total. The number of benzene rings is 2. The van der Waals surface area contributed by atoms with Crippen LogP contribution in [0.4, 0.5) is 17.1 Å². The van der Waals surface area contributed by atoms with Gasteiger partial charge in [0.05, 0.1) is 35.6 Å². The summed E-state index contributed by atoms with van der Waals surface area (Å²) >= 11 is 0. The second-order valence-electron chi connectivity index (χ2n) is 7.68. The van der Waals surface area contributed by atoms with Gasteiger partial charge in [-0.25, -0.2) is 0 Å². The van der Waals surface area contributed by atoms with Crippen LogP contribution in [-0.2, 0) is 6.42 Å². The first-order valence-electron chi connectivity index (χ1n) is 10.6. The number of fused-ring (bicyclic) bond motifs is 1. The van der Waals surface area contributed by atoms with E-state index >= 15 is 0 Å². The molecule has 0 unspecified atom stereocenters. The molecular formula is C26H28N4O3. The summed E-state index contributed by atoms with van der Waals surface area (Å²) in [5.74, 6) is 0.266. The van der Waals surface area contributed by atoms with Crippen LogP contribution in [0.15, 0.2) is 60.2 Å². The van der Waals surface area contributed by atoms with E-state index < -0.39 is 0 Å². The Morgan fingerprint density at radius 1 is 1.12 bits per heavy atom. The molecule has 0 saturated heterocycles. The summed E-state index contributed by atoms with van der Waals surface area (Å²) < 4.78 is 5.61. The molecular weight excluding hydrogens is 416 g/mol. The molecule has 0 fully saturated rings. The highest BCUT2D eigenvalue weighted by Gasteiger charge is 2.15. The molecule has 3 aromatic rings. The molecule has 0 aliphatic carbocycles. The Balaban J connectivity index is 0.00000216. The third-order valence-corrected chi connectivity index (χ3v) is 5.44. The minimum atomic E-state index is -0.309. The molecule has 170 valence electrons. The maximum Gasteiger partial charge on any atom is 0.255 e. The van der Waals surface area contributed by atoms with Crippen LogP contribution in [0.1, 0.15) is 46.8 Å². The van der Waals surface area contributed by atoms with Gasteiger partial charge in [-0.3, -0.25) is 19.6 Å². The topological polar surface area (TPSA) is 92.7 Å². The first-order chi connectivity index (χ1) is 16.0. The fourth-order valence-electron chi connectivity index (χ4n) is 3.63. The fourth-order valence-corrected chi connectivity index (χ4v) is 3.63. The van der Waals surface area contributed by atoms with E-state index in [4.69, 9.17) is 4.74 Å². The van der Waals surface area contributed by atoms with Crippen molar-refractivity contribution in [1.82, 2.24) is 4.98 Å². The predicted molar refractivity (Wildman–Crippen MR) is 135 cm³/mol. The number of ether oxygens (including phenoxy) is 1. The molecule has 0 spiro atoms. The lowest BCUT2D eigenvalue weighted by Gasteiger charge is -2.17. The summed E-state index contributed by atoms with van der Waals surface area (Å²) in [7, 11) is 0. The number of nitrogens with zero attached hydrogens (tertiary/aromatic N) is 2. The Kier molecular flexibility index (Phi) is 6.31. The lowest BCUT2D eigenvalue weighted by atomic mass is 10.0. The first-order valence-corrected chi connectivity index (χ1v) is 10.6.